The van der Waals surface area contributed by atoms with Gasteiger partial charge in [-0.05, 0) is 41.7 Å². The molecule has 1 aliphatic rings. The lowest BCUT2D eigenvalue weighted by atomic mass is 10.0. The zero-order valence-electron chi connectivity index (χ0n) is 26.3. The molecule has 0 radical (unpaired) electrons. The average molecular weight is 645 g/mol. The number of ether oxygens (including phenoxy) is 3. The van der Waals surface area contributed by atoms with Gasteiger partial charge < -0.3 is 30.0 Å². The van der Waals surface area contributed by atoms with Gasteiger partial charge in [-0.15, -0.1) is 0 Å². The predicted molar refractivity (Wildman–Crippen MR) is 171 cm³/mol. The minimum Gasteiger partial charge on any atom is -0.481 e. The standard InChI is InChI=1S/C36H40N2O9/c1-2-3-10-19-37-33(40)30(38-32(39)28-21-29(28)34(41)42)20-24-15-17-27(18-16-24)47-31(35(43)45-22-25-11-6-4-7-12-25)36(44)46-23-26-13-8-5-9-14-26/h4-9,11-18,28-31H,2-3,10,19-23H2,1H3,(H,37,40)(H,38,39)(H,41,42)/t28-,29-,30+/m1/s1. The number of aliphatic carboxylic acids is 1. The van der Waals surface area contributed by atoms with Gasteiger partial charge in [-0.3, -0.25) is 14.4 Å². The Labute approximate surface area is 273 Å². The van der Waals surface area contributed by atoms with Crippen LogP contribution < -0.4 is 15.4 Å². The molecule has 3 N–H and O–H groups in total. The number of amides is 2. The molecule has 1 aliphatic carbocycles. The zero-order chi connectivity index (χ0) is 33.6. The number of benzene rings is 3. The fraction of sp³-hybridized carbons (Fsp3) is 0.361. The Hall–Kier alpha value is -5.19. The third-order valence-electron chi connectivity index (χ3n) is 7.65. The molecule has 2 amide bonds. The quantitative estimate of drug-likeness (QED) is 0.106. The van der Waals surface area contributed by atoms with Crippen LogP contribution in [0.1, 0.15) is 49.3 Å². The Morgan fingerprint density at radius 3 is 1.85 bits per heavy atom. The van der Waals surface area contributed by atoms with Gasteiger partial charge >= 0.3 is 17.9 Å². The van der Waals surface area contributed by atoms with E-state index in [4.69, 9.17) is 14.2 Å². The summed E-state index contributed by atoms with van der Waals surface area (Å²) in [4.78, 5) is 63.1. The smallest absolute Gasteiger partial charge is 0.359 e. The molecule has 0 unspecified atom stereocenters. The van der Waals surface area contributed by atoms with E-state index in [0.717, 1.165) is 30.4 Å². The van der Waals surface area contributed by atoms with Crippen LogP contribution >= 0.6 is 0 Å². The zero-order valence-corrected chi connectivity index (χ0v) is 26.3. The maximum absolute atomic E-state index is 13.0. The average Bonchev–Trinajstić information content (AvgIpc) is 3.90. The Morgan fingerprint density at radius 1 is 0.766 bits per heavy atom. The number of carbonyl (C=O) groups is 5. The lowest BCUT2D eigenvalue weighted by Gasteiger charge is -2.20. The van der Waals surface area contributed by atoms with Gasteiger partial charge in [0, 0.05) is 13.0 Å². The highest BCUT2D eigenvalue weighted by atomic mass is 16.6. The Morgan fingerprint density at radius 2 is 1.34 bits per heavy atom. The van der Waals surface area contributed by atoms with Crippen LogP contribution in [-0.2, 0) is 53.1 Å². The molecule has 0 bridgehead atoms. The first-order chi connectivity index (χ1) is 22.7. The van der Waals surface area contributed by atoms with Gasteiger partial charge in [0.1, 0.15) is 25.0 Å². The summed E-state index contributed by atoms with van der Waals surface area (Å²) in [7, 11) is 0. The predicted octanol–water partition coefficient (Wildman–Crippen LogP) is 3.98. The van der Waals surface area contributed by atoms with E-state index in [1.165, 1.54) is 12.1 Å². The number of hydrogen-bond donors (Lipinski definition) is 3. The number of carbonyl (C=O) groups excluding carboxylic acids is 4. The van der Waals surface area contributed by atoms with Crippen molar-refractivity contribution in [3.8, 4) is 5.75 Å². The Bertz CT molecular complexity index is 1440. The Balaban J connectivity index is 1.42. The summed E-state index contributed by atoms with van der Waals surface area (Å²) in [6, 6.07) is 23.5. The highest BCUT2D eigenvalue weighted by Gasteiger charge is 2.49. The topological polar surface area (TPSA) is 157 Å². The van der Waals surface area contributed by atoms with Crippen molar-refractivity contribution >= 4 is 29.7 Å². The van der Waals surface area contributed by atoms with Crippen LogP contribution in [-0.4, -0.2) is 53.5 Å². The maximum atomic E-state index is 13.0. The first-order valence-corrected chi connectivity index (χ1v) is 15.7. The lowest BCUT2D eigenvalue weighted by Crippen LogP contribution is -2.49. The SMILES string of the molecule is CCCCCNC(=O)[C@H](Cc1ccc(OC(C(=O)OCc2ccccc2)C(=O)OCc2ccccc2)cc1)NC(=O)[C@@H]1C[C@H]1C(=O)O. The van der Waals surface area contributed by atoms with Crippen molar-refractivity contribution in [2.24, 2.45) is 11.8 Å². The van der Waals surface area contributed by atoms with Gasteiger partial charge in [-0.25, -0.2) is 9.59 Å². The molecule has 0 heterocycles. The number of esters is 2. The van der Waals surface area contributed by atoms with Gasteiger partial charge in [0.25, 0.3) is 6.10 Å². The van der Waals surface area contributed by atoms with Crippen LogP contribution in [0.5, 0.6) is 5.75 Å². The molecule has 1 saturated carbocycles. The lowest BCUT2D eigenvalue weighted by molar-refractivity contribution is -0.168. The molecule has 11 nitrogen and oxygen atoms in total. The van der Waals surface area contributed by atoms with E-state index >= 15 is 0 Å². The molecule has 3 aromatic carbocycles. The van der Waals surface area contributed by atoms with Crippen molar-refractivity contribution in [2.75, 3.05) is 6.54 Å². The maximum Gasteiger partial charge on any atom is 0.359 e. The van der Waals surface area contributed by atoms with Gasteiger partial charge in [0.05, 0.1) is 11.8 Å². The summed E-state index contributed by atoms with van der Waals surface area (Å²) < 4.78 is 16.5. The van der Waals surface area contributed by atoms with E-state index in [-0.39, 0.29) is 37.7 Å². The van der Waals surface area contributed by atoms with Crippen molar-refractivity contribution in [1.82, 2.24) is 10.6 Å². The van der Waals surface area contributed by atoms with Crippen LogP contribution in [0.2, 0.25) is 0 Å². The van der Waals surface area contributed by atoms with Crippen molar-refractivity contribution < 1.29 is 43.3 Å². The minimum atomic E-state index is -1.70. The van der Waals surface area contributed by atoms with E-state index in [2.05, 4.69) is 17.6 Å². The molecular weight excluding hydrogens is 604 g/mol. The molecular formula is C36H40N2O9. The molecule has 0 aromatic heterocycles. The van der Waals surface area contributed by atoms with Gasteiger partial charge in [0.15, 0.2) is 0 Å². The van der Waals surface area contributed by atoms with Gasteiger partial charge in [-0.2, -0.15) is 0 Å². The van der Waals surface area contributed by atoms with Gasteiger partial charge in [0.2, 0.25) is 11.8 Å². The first kappa shape index (κ1) is 34.7. The molecule has 248 valence electrons. The van der Waals surface area contributed by atoms with E-state index in [0.29, 0.717) is 12.1 Å². The molecule has 0 aliphatic heterocycles. The first-order valence-electron chi connectivity index (χ1n) is 15.7. The van der Waals surface area contributed by atoms with Crippen molar-refractivity contribution in [3.05, 3.63) is 102 Å². The molecule has 3 aromatic rings. The third kappa shape index (κ3) is 11.0. The van der Waals surface area contributed by atoms with E-state index in [9.17, 15) is 29.1 Å². The number of nitrogens with one attached hydrogen (secondary N) is 2. The molecule has 1 fully saturated rings. The summed E-state index contributed by atoms with van der Waals surface area (Å²) in [5.74, 6) is -4.95. The van der Waals surface area contributed by atoms with Gasteiger partial charge in [-0.1, -0.05) is 92.6 Å². The summed E-state index contributed by atoms with van der Waals surface area (Å²) in [6.07, 6.45) is 1.38. The van der Waals surface area contributed by atoms with Crippen molar-refractivity contribution in [2.45, 2.75) is 64.4 Å². The normalized spacial score (nSPS) is 15.6. The third-order valence-corrected chi connectivity index (χ3v) is 7.65. The highest BCUT2D eigenvalue weighted by Crippen LogP contribution is 2.38. The monoisotopic (exact) mass is 644 g/mol. The molecule has 4 rings (SSSR count). The Kier molecular flexibility index (Phi) is 12.9. The molecule has 11 heteroatoms. The molecule has 0 saturated heterocycles. The van der Waals surface area contributed by atoms with Crippen LogP contribution in [0.3, 0.4) is 0 Å². The molecule has 0 spiro atoms. The number of unbranched alkanes of at least 4 members (excludes halogenated alkanes) is 2. The fourth-order valence-electron chi connectivity index (χ4n) is 4.83. The second-order valence-corrected chi connectivity index (χ2v) is 11.4. The van der Waals surface area contributed by atoms with Crippen molar-refractivity contribution in [1.29, 1.82) is 0 Å². The van der Waals surface area contributed by atoms with Crippen LogP contribution in [0.15, 0.2) is 84.9 Å². The summed E-state index contributed by atoms with van der Waals surface area (Å²) in [5, 5.41) is 14.8. The number of rotatable bonds is 18. The van der Waals surface area contributed by atoms with E-state index < -0.39 is 47.8 Å². The largest absolute Gasteiger partial charge is 0.481 e. The fourth-order valence-corrected chi connectivity index (χ4v) is 4.83. The number of hydrogen-bond acceptors (Lipinski definition) is 8. The molecule has 3 atom stereocenters. The number of carboxylic acid groups (broad SMARTS) is 1. The van der Waals surface area contributed by atoms with Crippen molar-refractivity contribution in [3.63, 3.8) is 0 Å². The van der Waals surface area contributed by atoms with Crippen LogP contribution in [0, 0.1) is 11.8 Å². The second-order valence-electron chi connectivity index (χ2n) is 11.4. The van der Waals surface area contributed by atoms with Crippen LogP contribution in [0.4, 0.5) is 0 Å². The van der Waals surface area contributed by atoms with E-state index in [1.54, 1.807) is 60.7 Å². The second kappa shape index (κ2) is 17.5. The summed E-state index contributed by atoms with van der Waals surface area (Å²) in [6.45, 7) is 2.38. The highest BCUT2D eigenvalue weighted by molar-refractivity contribution is 5.98. The molecule has 47 heavy (non-hydrogen) atoms. The summed E-state index contributed by atoms with van der Waals surface area (Å²) in [5.41, 5.74) is 2.13. The van der Waals surface area contributed by atoms with Crippen LogP contribution in [0.25, 0.3) is 0 Å². The summed E-state index contributed by atoms with van der Waals surface area (Å²) >= 11 is 0. The minimum absolute atomic E-state index is 0.0634. The number of carboxylic acids is 1. The van der Waals surface area contributed by atoms with E-state index in [1.807, 2.05) is 12.1 Å².